The molecule has 4 saturated carbocycles. The largest absolute Gasteiger partial charge is 0.493 e. The number of fused-ring (bicyclic) bond motifs is 2. The lowest BCUT2D eigenvalue weighted by atomic mass is 9.45. The summed E-state index contributed by atoms with van der Waals surface area (Å²) in [5.41, 5.74) is 1.34. The number of amides is 2. The summed E-state index contributed by atoms with van der Waals surface area (Å²) in [6.07, 6.45) is 9.33. The van der Waals surface area contributed by atoms with Crippen molar-refractivity contribution in [1.29, 1.82) is 0 Å². The smallest absolute Gasteiger partial charge is 0.247 e. The lowest BCUT2D eigenvalue weighted by Gasteiger charge is -2.61. The van der Waals surface area contributed by atoms with Crippen LogP contribution in [0.1, 0.15) is 83.6 Å². The molecule has 4 fully saturated rings. The molecule has 0 unspecified atom stereocenters. The second-order valence-corrected chi connectivity index (χ2v) is 15.4. The molecule has 10 heteroatoms. The molecule has 2 amide bonds. The summed E-state index contributed by atoms with van der Waals surface area (Å²) in [4.78, 5) is 29.4. The summed E-state index contributed by atoms with van der Waals surface area (Å²) in [5, 5.41) is 33.8. The number of halogens is 1. The molecular formula is C35H51IN2O7. The Bertz CT molecular complexity index is 1240. The van der Waals surface area contributed by atoms with E-state index in [2.05, 4.69) is 41.8 Å². The van der Waals surface area contributed by atoms with E-state index in [4.69, 9.17) is 9.47 Å². The van der Waals surface area contributed by atoms with E-state index < -0.39 is 18.2 Å². The summed E-state index contributed by atoms with van der Waals surface area (Å²) >= 11 is 2.11. The molecule has 1 aromatic rings. The standard InChI is InChI=1S/C35H51IN2O7/c1-35(2)25-10-9-23(26(35)18-25)19-38(31(41)11-8-21-6-4-5-7-21)28-16-24(34(43)37-12-13-39)17-29(32(28)42)45-33-27(36)14-22(20-40)15-30(33)44-3/h14-15,17,21,23,25-26,28-29,32,39-40,42H,4-13,16,18-20H2,1-3H3,(H,37,43)/t23-,25-,26-,28+,29-,32-/m0/s1. The number of nitrogens with zero attached hydrogens (tertiary/aromatic N) is 1. The number of methoxy groups -OCH3 is 1. The third-order valence-electron chi connectivity index (χ3n) is 11.3. The maximum Gasteiger partial charge on any atom is 0.247 e. The average Bonchev–Trinajstić information content (AvgIpc) is 3.56. The van der Waals surface area contributed by atoms with Crippen molar-refractivity contribution in [1.82, 2.24) is 10.2 Å². The molecule has 1 aromatic carbocycles. The van der Waals surface area contributed by atoms with Gasteiger partial charge >= 0.3 is 0 Å². The van der Waals surface area contributed by atoms with Crippen molar-refractivity contribution < 1.29 is 34.4 Å². The Morgan fingerprint density at radius 1 is 1.13 bits per heavy atom. The molecule has 250 valence electrons. The highest BCUT2D eigenvalue weighted by Crippen LogP contribution is 2.61. The first-order valence-corrected chi connectivity index (χ1v) is 17.9. The zero-order valence-electron chi connectivity index (χ0n) is 27.0. The molecule has 0 spiro atoms. The van der Waals surface area contributed by atoms with Gasteiger partial charge in [-0.05, 0) is 101 Å². The first-order chi connectivity index (χ1) is 21.6. The third kappa shape index (κ3) is 7.49. The van der Waals surface area contributed by atoms with Crippen molar-refractivity contribution >= 4 is 34.4 Å². The predicted molar refractivity (Wildman–Crippen MR) is 180 cm³/mol. The van der Waals surface area contributed by atoms with Crippen LogP contribution in [-0.4, -0.2) is 77.1 Å². The number of aliphatic hydroxyl groups excluding tert-OH is 3. The van der Waals surface area contributed by atoms with Crippen LogP contribution in [0.5, 0.6) is 11.5 Å². The molecule has 0 radical (unpaired) electrons. The van der Waals surface area contributed by atoms with Gasteiger partial charge in [-0.1, -0.05) is 39.5 Å². The van der Waals surface area contributed by atoms with Crippen LogP contribution in [0, 0.1) is 32.7 Å². The molecule has 6 rings (SSSR count). The molecule has 45 heavy (non-hydrogen) atoms. The van der Waals surface area contributed by atoms with Crippen molar-refractivity contribution in [2.45, 2.75) is 103 Å². The zero-order chi connectivity index (χ0) is 32.3. The number of benzene rings is 1. The normalized spacial score (nSPS) is 29.0. The van der Waals surface area contributed by atoms with Crippen LogP contribution >= 0.6 is 22.6 Å². The second kappa shape index (κ2) is 14.9. The minimum atomic E-state index is -1.08. The zero-order valence-corrected chi connectivity index (χ0v) is 29.1. The van der Waals surface area contributed by atoms with Crippen molar-refractivity contribution in [2.24, 2.45) is 29.1 Å². The molecule has 0 heterocycles. The average molecular weight is 739 g/mol. The highest BCUT2D eigenvalue weighted by molar-refractivity contribution is 14.1. The molecule has 0 saturated heterocycles. The summed E-state index contributed by atoms with van der Waals surface area (Å²) in [6, 6.07) is 2.84. The number of rotatable bonds is 13. The highest BCUT2D eigenvalue weighted by Gasteiger charge is 2.55. The first-order valence-electron chi connectivity index (χ1n) is 16.8. The van der Waals surface area contributed by atoms with Crippen LogP contribution in [0.3, 0.4) is 0 Å². The van der Waals surface area contributed by atoms with Crippen LogP contribution in [0.4, 0.5) is 0 Å². The maximum atomic E-state index is 14.2. The number of carbonyl (C=O) groups excluding carboxylic acids is 2. The van der Waals surface area contributed by atoms with E-state index in [-0.39, 0.29) is 43.4 Å². The number of aliphatic hydroxyl groups is 3. The van der Waals surface area contributed by atoms with Crippen LogP contribution in [0.25, 0.3) is 0 Å². The Balaban J connectivity index is 1.46. The van der Waals surface area contributed by atoms with E-state index in [1.54, 1.807) is 18.2 Å². The second-order valence-electron chi connectivity index (χ2n) is 14.2. The molecule has 4 N–H and O–H groups in total. The van der Waals surface area contributed by atoms with Crippen molar-refractivity contribution in [2.75, 3.05) is 26.8 Å². The number of nitrogens with one attached hydrogen (secondary N) is 1. The van der Waals surface area contributed by atoms with Crippen molar-refractivity contribution in [3.63, 3.8) is 0 Å². The summed E-state index contributed by atoms with van der Waals surface area (Å²) in [5.74, 6) is 2.70. The Morgan fingerprint density at radius 2 is 1.89 bits per heavy atom. The van der Waals surface area contributed by atoms with Gasteiger partial charge in [-0.25, -0.2) is 0 Å². The van der Waals surface area contributed by atoms with E-state index in [0.29, 0.717) is 56.9 Å². The lowest BCUT2D eigenvalue weighted by molar-refractivity contribution is -0.148. The first kappa shape index (κ1) is 34.4. The van der Waals surface area contributed by atoms with Gasteiger partial charge in [-0.2, -0.15) is 0 Å². The fraction of sp³-hybridized carbons (Fsp3) is 0.714. The molecule has 6 atom stereocenters. The van der Waals surface area contributed by atoms with E-state index in [0.717, 1.165) is 25.2 Å². The predicted octanol–water partition coefficient (Wildman–Crippen LogP) is 4.58. The van der Waals surface area contributed by atoms with Crippen LogP contribution in [0.2, 0.25) is 0 Å². The Morgan fingerprint density at radius 3 is 2.53 bits per heavy atom. The van der Waals surface area contributed by atoms with E-state index in [9.17, 15) is 24.9 Å². The summed E-state index contributed by atoms with van der Waals surface area (Å²) < 4.78 is 12.7. The lowest BCUT2D eigenvalue weighted by Crippen LogP contribution is -2.59. The van der Waals surface area contributed by atoms with Gasteiger partial charge in [0, 0.05) is 31.5 Å². The quantitative estimate of drug-likeness (QED) is 0.218. The maximum absolute atomic E-state index is 14.2. The summed E-state index contributed by atoms with van der Waals surface area (Å²) in [6.45, 7) is 5.03. The minimum Gasteiger partial charge on any atom is -0.493 e. The Hall–Kier alpha value is -1.89. The van der Waals surface area contributed by atoms with Crippen molar-refractivity contribution in [3.8, 4) is 11.5 Å². The van der Waals surface area contributed by atoms with Gasteiger partial charge in [0.25, 0.3) is 0 Å². The SMILES string of the molecule is COc1cc(CO)cc(I)c1O[C@H]1C=C(C(=O)NCCO)C[C@@H](N(C[C@@H]2CC[C@H]3C[C@@H]2C3(C)C)C(=O)CCC2CCCC2)[C@@H]1O. The van der Waals surface area contributed by atoms with Gasteiger partial charge in [-0.15, -0.1) is 0 Å². The van der Waals surface area contributed by atoms with Gasteiger partial charge < -0.3 is 35.0 Å². The molecule has 5 aliphatic carbocycles. The number of hydrogen-bond donors (Lipinski definition) is 4. The Labute approximate surface area is 281 Å². The van der Waals surface area contributed by atoms with Crippen molar-refractivity contribution in [3.05, 3.63) is 32.9 Å². The molecule has 0 aromatic heterocycles. The molecule has 2 bridgehead atoms. The van der Waals surface area contributed by atoms with Gasteiger partial charge in [0.2, 0.25) is 11.8 Å². The van der Waals surface area contributed by atoms with Gasteiger partial charge in [0.15, 0.2) is 11.5 Å². The minimum absolute atomic E-state index is 0.0421. The monoisotopic (exact) mass is 738 g/mol. The van der Waals surface area contributed by atoms with Crippen LogP contribution in [0.15, 0.2) is 23.8 Å². The Kier molecular flexibility index (Phi) is 11.4. The van der Waals surface area contributed by atoms with E-state index >= 15 is 0 Å². The van der Waals surface area contributed by atoms with Gasteiger partial charge in [-0.3, -0.25) is 9.59 Å². The number of hydrogen-bond acceptors (Lipinski definition) is 7. The van der Waals surface area contributed by atoms with Gasteiger partial charge in [0.05, 0.1) is 29.9 Å². The van der Waals surface area contributed by atoms with E-state index in [1.165, 1.54) is 39.2 Å². The number of carbonyl (C=O) groups is 2. The molecule has 5 aliphatic rings. The topological polar surface area (TPSA) is 129 Å². The molecule has 9 nitrogen and oxygen atoms in total. The van der Waals surface area contributed by atoms with E-state index in [1.807, 2.05) is 4.90 Å². The highest BCUT2D eigenvalue weighted by atomic mass is 127. The molecular weight excluding hydrogens is 687 g/mol. The van der Waals surface area contributed by atoms with Gasteiger partial charge in [0.1, 0.15) is 12.2 Å². The third-order valence-corrected chi connectivity index (χ3v) is 12.1. The molecule has 0 aliphatic heterocycles. The van der Waals surface area contributed by atoms with Crippen LogP contribution < -0.4 is 14.8 Å². The van der Waals surface area contributed by atoms with Crippen LogP contribution in [-0.2, 0) is 16.2 Å². The fourth-order valence-electron chi connectivity index (χ4n) is 8.52. The number of ether oxygens (including phenoxy) is 2. The summed E-state index contributed by atoms with van der Waals surface area (Å²) in [7, 11) is 1.52. The fourth-order valence-corrected chi connectivity index (χ4v) is 9.31.